The summed E-state index contributed by atoms with van der Waals surface area (Å²) in [6.07, 6.45) is 0.204. The molecule has 6 nitrogen and oxygen atoms in total. The Labute approximate surface area is 223 Å². The molecular formula is C30H35N3O3S. The molecule has 1 atom stereocenters. The number of nitrogens with one attached hydrogen (secondary N) is 1. The van der Waals surface area contributed by atoms with Crippen molar-refractivity contribution in [2.75, 3.05) is 13.2 Å². The fourth-order valence-corrected chi connectivity index (χ4v) is 5.33. The Morgan fingerprint density at radius 2 is 1.76 bits per heavy atom. The summed E-state index contributed by atoms with van der Waals surface area (Å²) in [5.41, 5.74) is 4.92. The number of hydrogen-bond acceptors (Lipinski definition) is 6. The molecule has 0 aliphatic carbocycles. The van der Waals surface area contributed by atoms with E-state index in [0.717, 1.165) is 22.0 Å². The SMILES string of the molecule is CCOC(=O)C1=C(c2ccccc2)N=C2SC=C(CC(=O)NCC(C)C)N2C1c1ccc(C(C)C)cc1. The van der Waals surface area contributed by atoms with E-state index in [9.17, 15) is 9.59 Å². The van der Waals surface area contributed by atoms with Crippen LogP contribution in [0.1, 0.15) is 69.7 Å². The largest absolute Gasteiger partial charge is 0.463 e. The molecule has 194 valence electrons. The van der Waals surface area contributed by atoms with Gasteiger partial charge in [0.2, 0.25) is 5.91 Å². The number of benzene rings is 2. The summed E-state index contributed by atoms with van der Waals surface area (Å²) in [7, 11) is 0. The number of carbonyl (C=O) groups is 2. The maximum Gasteiger partial charge on any atom is 0.338 e. The molecule has 1 amide bonds. The standard InChI is InChI=1S/C30H35N3O3S/c1-6-36-29(35)26-27(22-10-8-7-9-11-22)32-30-33(24(18-37-30)16-25(34)31-17-19(2)3)28(26)23-14-12-21(13-15-23)20(4)5/h7-15,18-20,28H,6,16-17H2,1-5H3,(H,31,34). The number of thioether (sulfide) groups is 1. The molecule has 4 rings (SSSR count). The van der Waals surface area contributed by atoms with Gasteiger partial charge in [-0.3, -0.25) is 4.79 Å². The molecule has 7 heteroatoms. The first-order chi connectivity index (χ1) is 17.8. The summed E-state index contributed by atoms with van der Waals surface area (Å²) in [4.78, 5) is 33.4. The number of rotatable bonds is 9. The van der Waals surface area contributed by atoms with E-state index in [1.165, 1.54) is 17.3 Å². The van der Waals surface area contributed by atoms with Crippen LogP contribution in [0.2, 0.25) is 0 Å². The van der Waals surface area contributed by atoms with Gasteiger partial charge in [0.05, 0.1) is 30.3 Å². The molecule has 0 bridgehead atoms. The zero-order valence-electron chi connectivity index (χ0n) is 22.2. The number of carbonyl (C=O) groups excluding carboxylic acids is 2. The molecule has 0 fully saturated rings. The molecule has 0 spiro atoms. The number of fused-ring (bicyclic) bond motifs is 1. The highest BCUT2D eigenvalue weighted by Gasteiger charge is 2.42. The number of esters is 1. The number of ether oxygens (including phenoxy) is 1. The summed E-state index contributed by atoms with van der Waals surface area (Å²) < 4.78 is 5.58. The van der Waals surface area contributed by atoms with E-state index in [1.807, 2.05) is 40.6 Å². The maximum absolute atomic E-state index is 13.6. The van der Waals surface area contributed by atoms with E-state index < -0.39 is 12.0 Å². The zero-order valence-corrected chi connectivity index (χ0v) is 23.0. The molecule has 1 unspecified atom stereocenters. The van der Waals surface area contributed by atoms with Gasteiger partial charge in [-0.15, -0.1) is 0 Å². The Balaban J connectivity index is 1.83. The molecule has 37 heavy (non-hydrogen) atoms. The van der Waals surface area contributed by atoms with Crippen LogP contribution < -0.4 is 5.32 Å². The molecule has 0 aromatic heterocycles. The molecule has 0 saturated heterocycles. The average Bonchev–Trinajstić information content (AvgIpc) is 3.29. The minimum atomic E-state index is -0.470. The summed E-state index contributed by atoms with van der Waals surface area (Å²) in [6, 6.07) is 17.6. The van der Waals surface area contributed by atoms with Crippen molar-refractivity contribution in [3.05, 3.63) is 88.0 Å². The molecule has 1 N–H and O–H groups in total. The molecule has 0 radical (unpaired) electrons. The van der Waals surface area contributed by atoms with Crippen LogP contribution in [0.15, 0.2) is 76.3 Å². The zero-order chi connectivity index (χ0) is 26.5. The van der Waals surface area contributed by atoms with Gasteiger partial charge in [-0.1, -0.05) is 94.1 Å². The topological polar surface area (TPSA) is 71.0 Å². The number of aliphatic imine (C=N–C) groups is 1. The highest BCUT2D eigenvalue weighted by molar-refractivity contribution is 8.16. The van der Waals surface area contributed by atoms with Crippen LogP contribution in [0.25, 0.3) is 5.70 Å². The summed E-state index contributed by atoms with van der Waals surface area (Å²) in [5, 5.41) is 5.73. The van der Waals surface area contributed by atoms with E-state index in [2.05, 4.69) is 57.3 Å². The predicted octanol–water partition coefficient (Wildman–Crippen LogP) is 6.25. The van der Waals surface area contributed by atoms with Crippen LogP contribution in [0.5, 0.6) is 0 Å². The third-order valence-electron chi connectivity index (χ3n) is 6.32. The number of nitrogens with zero attached hydrogens (tertiary/aromatic N) is 2. The maximum atomic E-state index is 13.6. The number of amides is 1. The van der Waals surface area contributed by atoms with Crippen molar-refractivity contribution in [3.63, 3.8) is 0 Å². The molecule has 2 aromatic rings. The van der Waals surface area contributed by atoms with Gasteiger partial charge < -0.3 is 15.0 Å². The first kappa shape index (κ1) is 26.7. The molecule has 2 aromatic carbocycles. The van der Waals surface area contributed by atoms with Crippen molar-refractivity contribution >= 4 is 34.5 Å². The third kappa shape index (κ3) is 5.99. The number of hydrogen-bond donors (Lipinski definition) is 1. The van der Waals surface area contributed by atoms with Gasteiger partial charge in [0.1, 0.15) is 0 Å². The van der Waals surface area contributed by atoms with Gasteiger partial charge in [0.25, 0.3) is 0 Å². The van der Waals surface area contributed by atoms with Crippen molar-refractivity contribution in [1.82, 2.24) is 10.2 Å². The first-order valence-electron chi connectivity index (χ1n) is 12.9. The van der Waals surface area contributed by atoms with E-state index >= 15 is 0 Å². The second-order valence-corrected chi connectivity index (χ2v) is 10.8. The van der Waals surface area contributed by atoms with Gasteiger partial charge in [0, 0.05) is 17.8 Å². The summed E-state index contributed by atoms with van der Waals surface area (Å²) in [6.45, 7) is 11.1. The highest BCUT2D eigenvalue weighted by atomic mass is 32.2. The van der Waals surface area contributed by atoms with Crippen molar-refractivity contribution < 1.29 is 14.3 Å². The molecule has 2 aliphatic heterocycles. The second kappa shape index (κ2) is 11.8. The predicted molar refractivity (Wildman–Crippen MR) is 151 cm³/mol. The van der Waals surface area contributed by atoms with E-state index in [1.54, 1.807) is 6.92 Å². The van der Waals surface area contributed by atoms with Gasteiger partial charge in [0.15, 0.2) is 5.17 Å². The average molecular weight is 518 g/mol. The van der Waals surface area contributed by atoms with Crippen LogP contribution >= 0.6 is 11.8 Å². The van der Waals surface area contributed by atoms with Crippen LogP contribution in [0, 0.1) is 5.92 Å². The highest BCUT2D eigenvalue weighted by Crippen LogP contribution is 2.47. The molecule has 0 saturated carbocycles. The Hall–Kier alpha value is -3.32. The second-order valence-electron chi connectivity index (χ2n) is 9.94. The van der Waals surface area contributed by atoms with Crippen LogP contribution in [-0.2, 0) is 14.3 Å². The number of amidine groups is 1. The van der Waals surface area contributed by atoms with Gasteiger partial charge in [-0.05, 0) is 35.3 Å². The van der Waals surface area contributed by atoms with Gasteiger partial charge >= 0.3 is 5.97 Å². The lowest BCUT2D eigenvalue weighted by Crippen LogP contribution is -2.38. The summed E-state index contributed by atoms with van der Waals surface area (Å²) >= 11 is 1.48. The lowest BCUT2D eigenvalue weighted by atomic mass is 9.90. The van der Waals surface area contributed by atoms with Crippen LogP contribution in [0.4, 0.5) is 0 Å². The van der Waals surface area contributed by atoms with Gasteiger partial charge in [-0.2, -0.15) is 0 Å². The quantitative estimate of drug-likeness (QED) is 0.398. The first-order valence-corrected chi connectivity index (χ1v) is 13.7. The normalized spacial score (nSPS) is 17.1. The van der Waals surface area contributed by atoms with Crippen molar-refractivity contribution in [3.8, 4) is 0 Å². The Bertz CT molecular complexity index is 1230. The lowest BCUT2D eigenvalue weighted by Gasteiger charge is -2.37. The Morgan fingerprint density at radius 1 is 1.05 bits per heavy atom. The summed E-state index contributed by atoms with van der Waals surface area (Å²) in [5.74, 6) is 0.302. The smallest absolute Gasteiger partial charge is 0.338 e. The Kier molecular flexibility index (Phi) is 8.54. The van der Waals surface area contributed by atoms with E-state index in [-0.39, 0.29) is 18.9 Å². The van der Waals surface area contributed by atoms with Crippen molar-refractivity contribution in [2.45, 2.75) is 53.0 Å². The van der Waals surface area contributed by atoms with Crippen molar-refractivity contribution in [2.24, 2.45) is 10.9 Å². The monoisotopic (exact) mass is 517 g/mol. The fraction of sp³-hybridized carbons (Fsp3) is 0.367. The van der Waals surface area contributed by atoms with E-state index in [0.29, 0.717) is 29.7 Å². The molecule has 2 aliphatic rings. The molecule has 2 heterocycles. The fourth-order valence-electron chi connectivity index (χ4n) is 4.41. The van der Waals surface area contributed by atoms with Crippen molar-refractivity contribution in [1.29, 1.82) is 0 Å². The minimum absolute atomic E-state index is 0.0498. The lowest BCUT2D eigenvalue weighted by molar-refractivity contribution is -0.139. The van der Waals surface area contributed by atoms with Crippen LogP contribution in [0.3, 0.4) is 0 Å². The van der Waals surface area contributed by atoms with Gasteiger partial charge in [-0.25, -0.2) is 9.79 Å². The minimum Gasteiger partial charge on any atom is -0.463 e. The van der Waals surface area contributed by atoms with Crippen LogP contribution in [-0.4, -0.2) is 35.1 Å². The molecular weight excluding hydrogens is 482 g/mol. The Morgan fingerprint density at radius 3 is 2.38 bits per heavy atom. The van der Waals surface area contributed by atoms with E-state index in [4.69, 9.17) is 9.73 Å². The third-order valence-corrected chi connectivity index (χ3v) is 7.21.